The molecule has 3 aromatic rings. The Morgan fingerprint density at radius 1 is 0.842 bits per heavy atom. The minimum Gasteiger partial charge on any atom is -0.503 e. The molecule has 3 aromatic carbocycles. The van der Waals surface area contributed by atoms with Crippen LogP contribution in [0.4, 0.5) is 18.9 Å². The van der Waals surface area contributed by atoms with Crippen LogP contribution in [0.2, 0.25) is 0 Å². The second kappa shape index (κ2) is 11.4. The monoisotopic (exact) mass is 555 g/mol. The third kappa shape index (κ3) is 6.54. The Morgan fingerprint density at radius 2 is 1.47 bits per heavy atom. The van der Waals surface area contributed by atoms with Gasteiger partial charge in [0.05, 0.1) is 33.3 Å². The summed E-state index contributed by atoms with van der Waals surface area (Å²) >= 11 is 0. The van der Waals surface area contributed by atoms with Crippen molar-refractivity contribution in [3.05, 3.63) is 59.7 Å². The van der Waals surface area contributed by atoms with Crippen LogP contribution in [0.5, 0.6) is 34.5 Å². The summed E-state index contributed by atoms with van der Waals surface area (Å²) in [7, 11) is 1.16. The number of hydrogen-bond donors (Lipinski definition) is 2. The van der Waals surface area contributed by atoms with E-state index >= 15 is 0 Å². The molecule has 0 amide bonds. The predicted octanol–water partition coefficient (Wildman–Crippen LogP) is 5.30. The van der Waals surface area contributed by atoms with Crippen molar-refractivity contribution in [1.29, 1.82) is 0 Å². The second-order valence-corrected chi connectivity index (χ2v) is 9.18. The molecule has 13 heteroatoms. The molecule has 0 aliphatic rings. The number of anilines is 1. The van der Waals surface area contributed by atoms with Crippen LogP contribution in [0.1, 0.15) is 11.1 Å². The van der Waals surface area contributed by atoms with E-state index in [1.165, 1.54) is 46.6 Å². The zero-order valence-corrected chi connectivity index (χ0v) is 21.4. The van der Waals surface area contributed by atoms with E-state index in [4.69, 9.17) is 18.9 Å². The molecule has 0 saturated carbocycles. The molecule has 0 atom stereocenters. The first kappa shape index (κ1) is 28.3. The molecule has 0 radical (unpaired) electrons. The van der Waals surface area contributed by atoms with Gasteiger partial charge in [-0.2, -0.15) is 0 Å². The first-order valence-electron chi connectivity index (χ1n) is 10.7. The molecule has 0 spiro atoms. The van der Waals surface area contributed by atoms with Gasteiger partial charge in [0.1, 0.15) is 11.4 Å². The SMILES string of the molecule is COc1ccc(C=Cc2cc(OC)c(OC)c(OC)c2)c(NS(=O)(=O)c2cccc(OC(F)(F)F)c2)c1O. The van der Waals surface area contributed by atoms with E-state index in [9.17, 15) is 26.7 Å². The largest absolute Gasteiger partial charge is 0.573 e. The van der Waals surface area contributed by atoms with E-state index in [0.717, 1.165) is 18.2 Å². The van der Waals surface area contributed by atoms with E-state index in [1.54, 1.807) is 18.2 Å². The van der Waals surface area contributed by atoms with Crippen LogP contribution in [0.15, 0.2) is 53.4 Å². The maximum Gasteiger partial charge on any atom is 0.573 e. The number of benzene rings is 3. The topological polar surface area (TPSA) is 113 Å². The molecule has 0 bridgehead atoms. The number of phenolic OH excluding ortho intramolecular Hbond substituents is 1. The normalized spacial score (nSPS) is 11.8. The van der Waals surface area contributed by atoms with E-state index in [-0.39, 0.29) is 17.0 Å². The molecule has 0 unspecified atom stereocenters. The van der Waals surface area contributed by atoms with Crippen LogP contribution in [0.3, 0.4) is 0 Å². The van der Waals surface area contributed by atoms with Gasteiger partial charge in [0.2, 0.25) is 5.75 Å². The Balaban J connectivity index is 2.04. The number of alkyl halides is 3. The standard InChI is InChI=1S/C25H24F3NO8S/c1-33-19-11-10-16(9-8-15-12-20(34-2)24(36-4)21(13-15)35-3)22(23(19)30)29-38(31,32)18-7-5-6-17(14-18)37-25(26,27)28/h5-14,29-30H,1-4H3. The lowest BCUT2D eigenvalue weighted by molar-refractivity contribution is -0.274. The maximum atomic E-state index is 13.1. The molecule has 3 rings (SSSR count). The summed E-state index contributed by atoms with van der Waals surface area (Å²) in [5, 5.41) is 10.7. The number of nitrogens with one attached hydrogen (secondary N) is 1. The first-order chi connectivity index (χ1) is 17.9. The fraction of sp³-hybridized carbons (Fsp3) is 0.200. The smallest absolute Gasteiger partial charge is 0.503 e. The minimum absolute atomic E-state index is 0.0400. The Kier molecular flexibility index (Phi) is 8.51. The van der Waals surface area contributed by atoms with E-state index < -0.39 is 32.8 Å². The van der Waals surface area contributed by atoms with E-state index in [2.05, 4.69) is 9.46 Å². The molecule has 0 saturated heterocycles. The molecule has 0 aliphatic carbocycles. The number of halogens is 3. The highest BCUT2D eigenvalue weighted by Gasteiger charge is 2.31. The zero-order chi connectivity index (χ0) is 28.1. The molecule has 38 heavy (non-hydrogen) atoms. The summed E-state index contributed by atoms with van der Waals surface area (Å²) in [5.41, 5.74) is 0.527. The number of ether oxygens (including phenoxy) is 5. The van der Waals surface area contributed by atoms with Crippen molar-refractivity contribution < 1.29 is 50.4 Å². The van der Waals surface area contributed by atoms with Crippen LogP contribution in [0.25, 0.3) is 12.2 Å². The van der Waals surface area contributed by atoms with Crippen LogP contribution in [-0.2, 0) is 10.0 Å². The van der Waals surface area contributed by atoms with Crippen molar-refractivity contribution in [3.8, 4) is 34.5 Å². The summed E-state index contributed by atoms with van der Waals surface area (Å²) < 4.78 is 91.0. The summed E-state index contributed by atoms with van der Waals surface area (Å²) in [4.78, 5) is -0.527. The lowest BCUT2D eigenvalue weighted by Crippen LogP contribution is -2.18. The van der Waals surface area contributed by atoms with Crippen molar-refractivity contribution in [1.82, 2.24) is 0 Å². The summed E-state index contributed by atoms with van der Waals surface area (Å²) in [5.74, 6) is -0.165. The van der Waals surface area contributed by atoms with Gasteiger partial charge in [-0.15, -0.1) is 13.2 Å². The number of rotatable bonds is 10. The summed E-state index contributed by atoms with van der Waals surface area (Å²) in [6.07, 6.45) is -1.91. The maximum absolute atomic E-state index is 13.1. The van der Waals surface area contributed by atoms with Gasteiger partial charge in [-0.1, -0.05) is 18.2 Å². The second-order valence-electron chi connectivity index (χ2n) is 7.50. The Bertz CT molecular complexity index is 1410. The number of methoxy groups -OCH3 is 4. The summed E-state index contributed by atoms with van der Waals surface area (Å²) in [6, 6.07) is 10.0. The minimum atomic E-state index is -5.01. The molecule has 0 aliphatic heterocycles. The van der Waals surface area contributed by atoms with Crippen molar-refractivity contribution in [2.75, 3.05) is 33.2 Å². The highest BCUT2D eigenvalue weighted by Crippen LogP contribution is 2.41. The first-order valence-corrected chi connectivity index (χ1v) is 12.2. The van der Waals surface area contributed by atoms with Gasteiger partial charge in [-0.05, 0) is 42.0 Å². The van der Waals surface area contributed by atoms with Crippen LogP contribution in [0, 0.1) is 0 Å². The third-order valence-electron chi connectivity index (χ3n) is 5.12. The lowest BCUT2D eigenvalue weighted by Gasteiger charge is -2.16. The molecule has 0 aromatic heterocycles. The van der Waals surface area contributed by atoms with Gasteiger partial charge in [-0.25, -0.2) is 8.42 Å². The molecular weight excluding hydrogens is 531 g/mol. The third-order valence-corrected chi connectivity index (χ3v) is 6.47. The number of hydrogen-bond acceptors (Lipinski definition) is 8. The molecule has 0 fully saturated rings. The van der Waals surface area contributed by atoms with Gasteiger partial charge >= 0.3 is 6.36 Å². The predicted molar refractivity (Wildman–Crippen MR) is 134 cm³/mol. The highest BCUT2D eigenvalue weighted by atomic mass is 32.2. The van der Waals surface area contributed by atoms with E-state index in [0.29, 0.717) is 28.9 Å². The molecular formula is C25H24F3NO8S. The average Bonchev–Trinajstić information content (AvgIpc) is 2.87. The van der Waals surface area contributed by atoms with Gasteiger partial charge in [-0.3, -0.25) is 4.72 Å². The van der Waals surface area contributed by atoms with Crippen molar-refractivity contribution >= 4 is 27.9 Å². The van der Waals surface area contributed by atoms with Crippen LogP contribution >= 0.6 is 0 Å². The van der Waals surface area contributed by atoms with Gasteiger partial charge in [0.25, 0.3) is 10.0 Å². The average molecular weight is 556 g/mol. The number of sulfonamides is 1. The quantitative estimate of drug-likeness (QED) is 0.256. The van der Waals surface area contributed by atoms with Crippen molar-refractivity contribution in [2.24, 2.45) is 0 Å². The van der Waals surface area contributed by atoms with Gasteiger partial charge in [0, 0.05) is 11.6 Å². The van der Waals surface area contributed by atoms with Gasteiger partial charge in [0.15, 0.2) is 23.0 Å². The number of aromatic hydroxyl groups is 1. The highest BCUT2D eigenvalue weighted by molar-refractivity contribution is 7.92. The van der Waals surface area contributed by atoms with E-state index in [1.807, 2.05) is 0 Å². The van der Waals surface area contributed by atoms with Crippen molar-refractivity contribution in [3.63, 3.8) is 0 Å². The Hall–Kier alpha value is -4.26. The molecule has 0 heterocycles. The fourth-order valence-corrected chi connectivity index (χ4v) is 4.54. The van der Waals surface area contributed by atoms with Crippen molar-refractivity contribution in [2.45, 2.75) is 11.3 Å². The molecule has 2 N–H and O–H groups in total. The van der Waals surface area contributed by atoms with Crippen LogP contribution in [-0.4, -0.2) is 48.3 Å². The van der Waals surface area contributed by atoms with Crippen LogP contribution < -0.4 is 28.4 Å². The summed E-state index contributed by atoms with van der Waals surface area (Å²) in [6.45, 7) is 0. The lowest BCUT2D eigenvalue weighted by atomic mass is 10.1. The zero-order valence-electron chi connectivity index (χ0n) is 20.6. The Morgan fingerprint density at radius 3 is 2.03 bits per heavy atom. The van der Waals surface area contributed by atoms with Gasteiger partial charge < -0.3 is 28.8 Å². The molecule has 9 nitrogen and oxygen atoms in total. The Labute approximate surface area is 217 Å². The fourth-order valence-electron chi connectivity index (χ4n) is 3.41. The number of phenols is 1. The molecule has 204 valence electrons.